The maximum Gasteiger partial charge on any atom is 0.242 e. The largest absolute Gasteiger partial charge is 0.496 e. The van der Waals surface area contributed by atoms with Gasteiger partial charge in [0.1, 0.15) is 17.8 Å². The van der Waals surface area contributed by atoms with Gasteiger partial charge in [0.2, 0.25) is 5.88 Å². The number of anilines is 3. The van der Waals surface area contributed by atoms with E-state index in [9.17, 15) is 0 Å². The van der Waals surface area contributed by atoms with E-state index in [1.807, 2.05) is 18.2 Å². The molecule has 0 atom stereocenters. The molecule has 0 spiro atoms. The van der Waals surface area contributed by atoms with Crippen molar-refractivity contribution in [1.82, 2.24) is 9.97 Å². The highest BCUT2D eigenvalue weighted by Gasteiger charge is 2.09. The molecule has 0 aliphatic carbocycles. The van der Waals surface area contributed by atoms with E-state index in [1.165, 1.54) is 13.4 Å². The Kier molecular flexibility index (Phi) is 4.06. The molecule has 0 aliphatic heterocycles. The average Bonchev–Trinajstić information content (AvgIpc) is 2.41. The highest BCUT2D eigenvalue weighted by Crippen LogP contribution is 2.31. The van der Waals surface area contributed by atoms with E-state index in [2.05, 4.69) is 31.2 Å². The van der Waals surface area contributed by atoms with E-state index in [1.54, 1.807) is 7.11 Å². The fourth-order valence-electron chi connectivity index (χ4n) is 1.52. The molecular weight excluding hydrogens is 312 g/mol. The van der Waals surface area contributed by atoms with Crippen molar-refractivity contribution < 1.29 is 9.47 Å². The molecule has 1 aromatic heterocycles. The van der Waals surface area contributed by atoms with Gasteiger partial charge in [0.05, 0.1) is 18.7 Å². The van der Waals surface area contributed by atoms with Crippen LogP contribution in [0.5, 0.6) is 11.6 Å². The first-order valence-electron chi connectivity index (χ1n) is 5.40. The maximum atomic E-state index is 5.89. The Balaban J connectivity index is 2.29. The Morgan fingerprint density at radius 1 is 1.21 bits per heavy atom. The Bertz CT molecular complexity index is 592. The molecule has 7 heteroatoms. The summed E-state index contributed by atoms with van der Waals surface area (Å²) in [5, 5.41) is 3.10. The van der Waals surface area contributed by atoms with Gasteiger partial charge in [-0.2, -0.15) is 4.98 Å². The Hall–Kier alpha value is -2.02. The molecule has 0 bridgehead atoms. The van der Waals surface area contributed by atoms with Crippen molar-refractivity contribution in [3.8, 4) is 11.6 Å². The molecule has 1 aromatic carbocycles. The van der Waals surface area contributed by atoms with Gasteiger partial charge in [-0.3, -0.25) is 0 Å². The fourth-order valence-corrected chi connectivity index (χ4v) is 2.06. The summed E-state index contributed by atoms with van der Waals surface area (Å²) in [5.74, 6) is 1.58. The van der Waals surface area contributed by atoms with Crippen molar-refractivity contribution in [1.29, 1.82) is 0 Å². The number of benzene rings is 1. The zero-order valence-electron chi connectivity index (χ0n) is 10.5. The number of nitrogen functional groups attached to an aromatic ring is 1. The van der Waals surface area contributed by atoms with Gasteiger partial charge < -0.3 is 20.5 Å². The van der Waals surface area contributed by atoms with Crippen molar-refractivity contribution in [2.45, 2.75) is 0 Å². The standard InChI is InChI=1S/C12H13BrN4O2/c1-18-9-4-3-7(5-8(9)13)17-11-10(14)12(19-2)16-6-15-11/h3-6H,14H2,1-2H3,(H,15,16,17). The van der Waals surface area contributed by atoms with Crippen LogP contribution < -0.4 is 20.5 Å². The first-order chi connectivity index (χ1) is 9.15. The van der Waals surface area contributed by atoms with Gasteiger partial charge in [0, 0.05) is 5.69 Å². The van der Waals surface area contributed by atoms with Gasteiger partial charge in [0.25, 0.3) is 0 Å². The van der Waals surface area contributed by atoms with Gasteiger partial charge >= 0.3 is 0 Å². The Morgan fingerprint density at radius 2 is 2.00 bits per heavy atom. The molecule has 0 radical (unpaired) electrons. The molecule has 3 N–H and O–H groups in total. The van der Waals surface area contributed by atoms with E-state index in [0.717, 1.165) is 15.9 Å². The van der Waals surface area contributed by atoms with Crippen LogP contribution in [-0.2, 0) is 0 Å². The summed E-state index contributed by atoms with van der Waals surface area (Å²) in [6.45, 7) is 0. The normalized spacial score (nSPS) is 10.1. The second-order valence-corrected chi connectivity index (χ2v) is 4.47. The summed E-state index contributed by atoms with van der Waals surface area (Å²) in [6.07, 6.45) is 1.39. The molecule has 19 heavy (non-hydrogen) atoms. The fraction of sp³-hybridized carbons (Fsp3) is 0.167. The van der Waals surface area contributed by atoms with Crippen molar-refractivity contribution in [3.05, 3.63) is 29.0 Å². The molecule has 0 unspecified atom stereocenters. The zero-order chi connectivity index (χ0) is 13.8. The smallest absolute Gasteiger partial charge is 0.242 e. The zero-order valence-corrected chi connectivity index (χ0v) is 12.1. The summed E-state index contributed by atoms with van der Waals surface area (Å²) in [7, 11) is 3.12. The summed E-state index contributed by atoms with van der Waals surface area (Å²) in [4.78, 5) is 8.00. The number of halogens is 1. The number of hydrogen-bond donors (Lipinski definition) is 2. The molecule has 1 heterocycles. The number of nitrogens with zero attached hydrogens (tertiary/aromatic N) is 2. The second kappa shape index (κ2) is 5.75. The van der Waals surface area contributed by atoms with Crippen LogP contribution in [0.25, 0.3) is 0 Å². The molecular formula is C12H13BrN4O2. The average molecular weight is 325 g/mol. The van der Waals surface area contributed by atoms with Crippen LogP contribution in [0.1, 0.15) is 0 Å². The lowest BCUT2D eigenvalue weighted by Crippen LogP contribution is -2.03. The highest BCUT2D eigenvalue weighted by atomic mass is 79.9. The third-order valence-electron chi connectivity index (χ3n) is 2.46. The summed E-state index contributed by atoms with van der Waals surface area (Å²) < 4.78 is 11.0. The molecule has 2 aromatic rings. The lowest BCUT2D eigenvalue weighted by atomic mass is 10.3. The lowest BCUT2D eigenvalue weighted by Gasteiger charge is -2.11. The van der Waals surface area contributed by atoms with Gasteiger partial charge in [-0.25, -0.2) is 4.98 Å². The topological polar surface area (TPSA) is 82.3 Å². The lowest BCUT2D eigenvalue weighted by molar-refractivity contribution is 0.399. The number of rotatable bonds is 4. The number of hydrogen-bond acceptors (Lipinski definition) is 6. The van der Waals surface area contributed by atoms with Crippen LogP contribution in [0, 0.1) is 0 Å². The summed E-state index contributed by atoms with van der Waals surface area (Å²) >= 11 is 3.41. The van der Waals surface area contributed by atoms with Crippen molar-refractivity contribution >= 4 is 33.1 Å². The van der Waals surface area contributed by atoms with E-state index in [4.69, 9.17) is 15.2 Å². The van der Waals surface area contributed by atoms with Crippen molar-refractivity contribution in [3.63, 3.8) is 0 Å². The molecule has 0 amide bonds. The van der Waals surface area contributed by atoms with Crippen LogP contribution in [0.4, 0.5) is 17.2 Å². The summed E-state index contributed by atoms with van der Waals surface area (Å²) in [5.41, 5.74) is 7.06. The van der Waals surface area contributed by atoms with Gasteiger partial charge in [0.15, 0.2) is 5.82 Å². The van der Waals surface area contributed by atoms with Crippen LogP contribution in [0.3, 0.4) is 0 Å². The van der Waals surface area contributed by atoms with E-state index < -0.39 is 0 Å². The number of aromatic nitrogens is 2. The molecule has 2 rings (SSSR count). The Labute approximate surface area is 119 Å². The monoisotopic (exact) mass is 324 g/mol. The molecule has 100 valence electrons. The number of nitrogens with two attached hydrogens (primary N) is 1. The second-order valence-electron chi connectivity index (χ2n) is 3.62. The third-order valence-corrected chi connectivity index (χ3v) is 3.07. The first-order valence-corrected chi connectivity index (χ1v) is 6.20. The minimum absolute atomic E-state index is 0.338. The number of nitrogens with one attached hydrogen (secondary N) is 1. The minimum Gasteiger partial charge on any atom is -0.496 e. The van der Waals surface area contributed by atoms with Crippen LogP contribution in [0.2, 0.25) is 0 Å². The molecule has 0 fully saturated rings. The van der Waals surface area contributed by atoms with Gasteiger partial charge in [-0.1, -0.05) is 0 Å². The van der Waals surface area contributed by atoms with Gasteiger partial charge in [-0.05, 0) is 34.1 Å². The molecule has 0 saturated heterocycles. The highest BCUT2D eigenvalue weighted by molar-refractivity contribution is 9.10. The summed E-state index contributed by atoms with van der Waals surface area (Å²) in [6, 6.07) is 5.56. The molecule has 0 aliphatic rings. The van der Waals surface area contributed by atoms with E-state index >= 15 is 0 Å². The van der Waals surface area contributed by atoms with E-state index in [-0.39, 0.29) is 0 Å². The first kappa shape index (κ1) is 13.4. The maximum absolute atomic E-state index is 5.89. The SMILES string of the molecule is COc1ccc(Nc2ncnc(OC)c2N)cc1Br. The minimum atomic E-state index is 0.338. The Morgan fingerprint density at radius 3 is 2.63 bits per heavy atom. The predicted octanol–water partition coefficient (Wildman–Crippen LogP) is 2.58. The van der Waals surface area contributed by atoms with Crippen molar-refractivity contribution in [2.75, 3.05) is 25.3 Å². The number of ether oxygens (including phenoxy) is 2. The quantitative estimate of drug-likeness (QED) is 0.899. The van der Waals surface area contributed by atoms with E-state index in [0.29, 0.717) is 17.4 Å². The van der Waals surface area contributed by atoms with Crippen LogP contribution in [-0.4, -0.2) is 24.2 Å². The molecule has 0 saturated carbocycles. The van der Waals surface area contributed by atoms with Crippen molar-refractivity contribution in [2.24, 2.45) is 0 Å². The predicted molar refractivity (Wildman–Crippen MR) is 77.0 cm³/mol. The van der Waals surface area contributed by atoms with Crippen LogP contribution >= 0.6 is 15.9 Å². The molecule has 6 nitrogen and oxygen atoms in total. The number of methoxy groups -OCH3 is 2. The van der Waals surface area contributed by atoms with Gasteiger partial charge in [-0.15, -0.1) is 0 Å². The van der Waals surface area contributed by atoms with Crippen LogP contribution in [0.15, 0.2) is 29.0 Å². The third kappa shape index (κ3) is 2.87.